The molecule has 106 valence electrons. The third kappa shape index (κ3) is 4.46. The van der Waals surface area contributed by atoms with E-state index >= 15 is 0 Å². The quantitative estimate of drug-likeness (QED) is 0.481. The van der Waals surface area contributed by atoms with Crippen LogP contribution in [0.2, 0.25) is 0 Å². The van der Waals surface area contributed by atoms with Crippen molar-refractivity contribution < 1.29 is 14.3 Å². The van der Waals surface area contributed by atoms with E-state index in [0.29, 0.717) is 5.69 Å². The van der Waals surface area contributed by atoms with Crippen molar-refractivity contribution in [2.45, 2.75) is 38.8 Å². The molecule has 1 rings (SSSR count). The first kappa shape index (κ1) is 15.3. The van der Waals surface area contributed by atoms with Crippen LogP contribution in [0.15, 0.2) is 12.5 Å². The summed E-state index contributed by atoms with van der Waals surface area (Å²) in [6, 6.07) is -1.73. The molecule has 1 heterocycles. The molecule has 0 aliphatic heterocycles. The molecular weight excluding hydrogens is 248 g/mol. The van der Waals surface area contributed by atoms with E-state index in [1.165, 1.54) is 6.33 Å². The second-order valence-corrected chi connectivity index (χ2v) is 4.54. The van der Waals surface area contributed by atoms with Crippen LogP contribution in [-0.4, -0.2) is 34.0 Å². The Kier molecular flexibility index (Phi) is 5.65. The molecule has 0 aliphatic rings. The molecule has 1 aromatic heterocycles. The van der Waals surface area contributed by atoms with Gasteiger partial charge in [0.05, 0.1) is 6.33 Å². The fraction of sp³-hybridized carbons (Fsp3) is 0.583. The fourth-order valence-electron chi connectivity index (χ4n) is 1.45. The highest BCUT2D eigenvalue weighted by molar-refractivity contribution is 5.90. The van der Waals surface area contributed by atoms with Crippen molar-refractivity contribution in [1.29, 1.82) is 0 Å². The molecule has 0 unspecified atom stereocenters. The predicted molar refractivity (Wildman–Crippen MR) is 68.8 cm³/mol. The maximum atomic E-state index is 11.6. The molecule has 7 heteroatoms. The number of aromatic nitrogens is 2. The van der Waals surface area contributed by atoms with E-state index in [1.54, 1.807) is 6.20 Å². The molecule has 7 nitrogen and oxygen atoms in total. The van der Waals surface area contributed by atoms with Gasteiger partial charge < -0.3 is 21.2 Å². The summed E-state index contributed by atoms with van der Waals surface area (Å²) in [5.41, 5.74) is 12.0. The van der Waals surface area contributed by atoms with Crippen LogP contribution in [-0.2, 0) is 20.7 Å². The van der Waals surface area contributed by atoms with E-state index in [4.69, 9.17) is 11.5 Å². The minimum absolute atomic E-state index is 0.0517. The maximum Gasteiger partial charge on any atom is 0.330 e. The lowest BCUT2D eigenvalue weighted by atomic mass is 10.0. The summed E-state index contributed by atoms with van der Waals surface area (Å²) < 4.78 is 4.68. The average Bonchev–Trinajstić information content (AvgIpc) is 2.89. The van der Waals surface area contributed by atoms with E-state index in [2.05, 4.69) is 14.7 Å². The van der Waals surface area contributed by atoms with Crippen LogP contribution in [0.25, 0.3) is 0 Å². The fourth-order valence-corrected chi connectivity index (χ4v) is 1.45. The number of rotatable bonds is 6. The molecule has 0 amide bonds. The Bertz CT molecular complexity index is 419. The third-order valence-electron chi connectivity index (χ3n) is 3.03. The number of hydrogen-bond acceptors (Lipinski definition) is 6. The SMILES string of the molecule is CC[C@H](C)[C@H](N)C(=O)OC(=O)[C@@H](N)Cc1cnc[nH]1. The Labute approximate surface area is 111 Å². The Morgan fingerprint density at radius 2 is 2.11 bits per heavy atom. The number of aromatic amines is 1. The number of H-pyrrole nitrogens is 1. The van der Waals surface area contributed by atoms with Crippen molar-refractivity contribution in [2.24, 2.45) is 17.4 Å². The first-order valence-corrected chi connectivity index (χ1v) is 6.19. The Hall–Kier alpha value is -1.73. The Morgan fingerprint density at radius 3 is 2.63 bits per heavy atom. The summed E-state index contributed by atoms with van der Waals surface area (Å²) in [5, 5.41) is 0. The van der Waals surface area contributed by atoms with Crippen molar-refractivity contribution in [2.75, 3.05) is 0 Å². The largest absolute Gasteiger partial charge is 0.391 e. The van der Waals surface area contributed by atoms with Gasteiger partial charge in [0.25, 0.3) is 0 Å². The third-order valence-corrected chi connectivity index (χ3v) is 3.03. The van der Waals surface area contributed by atoms with Gasteiger partial charge in [-0.1, -0.05) is 20.3 Å². The zero-order valence-corrected chi connectivity index (χ0v) is 11.1. The molecule has 0 aliphatic carbocycles. The summed E-state index contributed by atoms with van der Waals surface area (Å²) in [5.74, 6) is -1.57. The summed E-state index contributed by atoms with van der Waals surface area (Å²) in [7, 11) is 0. The molecule has 0 fully saturated rings. The zero-order valence-electron chi connectivity index (χ0n) is 11.1. The first-order valence-electron chi connectivity index (χ1n) is 6.19. The number of nitrogens with one attached hydrogen (secondary N) is 1. The van der Waals surface area contributed by atoms with Crippen molar-refractivity contribution in [3.05, 3.63) is 18.2 Å². The minimum Gasteiger partial charge on any atom is -0.391 e. The van der Waals surface area contributed by atoms with Crippen LogP contribution in [0, 0.1) is 5.92 Å². The highest BCUT2D eigenvalue weighted by Gasteiger charge is 2.26. The van der Waals surface area contributed by atoms with Gasteiger partial charge in [-0.25, -0.2) is 14.6 Å². The molecule has 0 saturated heterocycles. The highest BCUT2D eigenvalue weighted by atomic mass is 16.6. The lowest BCUT2D eigenvalue weighted by Crippen LogP contribution is -2.43. The summed E-state index contributed by atoms with van der Waals surface area (Å²) in [6.45, 7) is 3.73. The number of carbonyl (C=O) groups excluding carboxylic acids is 2. The molecule has 0 aromatic carbocycles. The highest BCUT2D eigenvalue weighted by Crippen LogP contribution is 2.07. The lowest BCUT2D eigenvalue weighted by Gasteiger charge is -2.17. The number of nitrogens with two attached hydrogens (primary N) is 2. The summed E-state index contributed by atoms with van der Waals surface area (Å²) >= 11 is 0. The molecular formula is C12H20N4O3. The normalized spacial score (nSPS) is 15.6. The van der Waals surface area contributed by atoms with Gasteiger partial charge in [-0.15, -0.1) is 0 Å². The number of imidazole rings is 1. The van der Waals surface area contributed by atoms with Gasteiger partial charge in [0.1, 0.15) is 12.1 Å². The van der Waals surface area contributed by atoms with Gasteiger partial charge in [-0.3, -0.25) is 0 Å². The van der Waals surface area contributed by atoms with Crippen LogP contribution in [0.1, 0.15) is 26.0 Å². The molecule has 19 heavy (non-hydrogen) atoms. The maximum absolute atomic E-state index is 11.6. The van der Waals surface area contributed by atoms with Crippen molar-refractivity contribution in [3.63, 3.8) is 0 Å². The van der Waals surface area contributed by atoms with Gasteiger partial charge in [0.2, 0.25) is 0 Å². The molecule has 0 saturated carbocycles. The van der Waals surface area contributed by atoms with Gasteiger partial charge in [-0.2, -0.15) is 0 Å². The van der Waals surface area contributed by atoms with Crippen molar-refractivity contribution in [1.82, 2.24) is 9.97 Å². The van der Waals surface area contributed by atoms with E-state index in [-0.39, 0.29) is 12.3 Å². The van der Waals surface area contributed by atoms with Gasteiger partial charge in [0, 0.05) is 18.3 Å². The summed E-state index contributed by atoms with van der Waals surface area (Å²) in [6.07, 6.45) is 3.99. The average molecular weight is 268 g/mol. The predicted octanol–water partition coefficient (Wildman–Crippen LogP) is -0.277. The first-order chi connectivity index (χ1) is 8.95. The van der Waals surface area contributed by atoms with Crippen molar-refractivity contribution >= 4 is 11.9 Å². The molecule has 0 spiro atoms. The van der Waals surface area contributed by atoms with E-state index in [0.717, 1.165) is 6.42 Å². The molecule has 0 radical (unpaired) electrons. The molecule has 1 aromatic rings. The number of nitrogens with zero attached hydrogens (tertiary/aromatic N) is 1. The lowest BCUT2D eigenvalue weighted by molar-refractivity contribution is -0.162. The molecule has 0 bridgehead atoms. The number of ether oxygens (including phenoxy) is 1. The number of carbonyl (C=O) groups is 2. The van der Waals surface area contributed by atoms with Gasteiger partial charge in [-0.05, 0) is 5.92 Å². The standard InChI is InChI=1S/C12H20N4O3/c1-3-7(2)10(14)12(18)19-11(17)9(13)4-8-5-15-6-16-8/h5-7,9-10H,3-4,13-14H2,1-2H3,(H,15,16)/t7-,9-,10-/m0/s1. The van der Waals surface area contributed by atoms with E-state index < -0.39 is 24.0 Å². The zero-order chi connectivity index (χ0) is 14.4. The van der Waals surface area contributed by atoms with Gasteiger partial charge in [0.15, 0.2) is 0 Å². The number of hydrogen-bond donors (Lipinski definition) is 3. The van der Waals surface area contributed by atoms with Crippen LogP contribution in [0.4, 0.5) is 0 Å². The number of esters is 2. The Balaban J connectivity index is 2.47. The second-order valence-electron chi connectivity index (χ2n) is 4.54. The Morgan fingerprint density at radius 1 is 1.42 bits per heavy atom. The topological polar surface area (TPSA) is 124 Å². The van der Waals surface area contributed by atoms with Crippen LogP contribution in [0.3, 0.4) is 0 Å². The monoisotopic (exact) mass is 268 g/mol. The summed E-state index contributed by atoms with van der Waals surface area (Å²) in [4.78, 5) is 29.9. The minimum atomic E-state index is -0.923. The van der Waals surface area contributed by atoms with Crippen molar-refractivity contribution in [3.8, 4) is 0 Å². The van der Waals surface area contributed by atoms with E-state index in [1.807, 2.05) is 13.8 Å². The van der Waals surface area contributed by atoms with E-state index in [9.17, 15) is 9.59 Å². The molecule has 5 N–H and O–H groups in total. The van der Waals surface area contributed by atoms with Crippen LogP contribution in [0.5, 0.6) is 0 Å². The van der Waals surface area contributed by atoms with Crippen LogP contribution < -0.4 is 11.5 Å². The van der Waals surface area contributed by atoms with Crippen LogP contribution >= 0.6 is 0 Å². The second kappa shape index (κ2) is 7.01. The smallest absolute Gasteiger partial charge is 0.330 e. The molecule has 3 atom stereocenters. The van der Waals surface area contributed by atoms with Gasteiger partial charge >= 0.3 is 11.9 Å².